The normalized spacial score (nSPS) is 35.3. The number of aromatic nitrogens is 3. The van der Waals surface area contributed by atoms with Gasteiger partial charge in [0.05, 0.1) is 12.8 Å². The fourth-order valence-electron chi connectivity index (χ4n) is 1.89. The Morgan fingerprint density at radius 3 is 2.63 bits per heavy atom. The van der Waals surface area contributed by atoms with Crippen LogP contribution in [-0.2, 0) is 4.74 Å². The first-order valence-corrected chi connectivity index (χ1v) is 5.48. The van der Waals surface area contributed by atoms with E-state index in [1.54, 1.807) is 0 Å². The summed E-state index contributed by atoms with van der Waals surface area (Å²) >= 11 is 0. The summed E-state index contributed by atoms with van der Waals surface area (Å²) in [6.45, 7) is -0.581. The average Bonchev–Trinajstić information content (AvgIpc) is 2.85. The van der Waals surface area contributed by atoms with Gasteiger partial charge in [-0.25, -0.2) is 4.68 Å². The molecule has 0 aromatic carbocycles. The Morgan fingerprint density at radius 2 is 2.05 bits per heavy atom. The standard InChI is InChI=1S/C9H14N4O6/c10-8(18)3-1-11-12-13(3)9-7(17)6(16)5(15)4(2-14)19-9/h1,4-7,9,14-17H,2H2,(H2,10,18)/t4-,5+,6+,7-,9-/m1/s1. The fourth-order valence-corrected chi connectivity index (χ4v) is 1.89. The number of rotatable bonds is 3. The lowest BCUT2D eigenvalue weighted by Crippen LogP contribution is -2.57. The summed E-state index contributed by atoms with van der Waals surface area (Å²) in [5.41, 5.74) is 4.97. The summed E-state index contributed by atoms with van der Waals surface area (Å²) in [6, 6.07) is 0. The molecule has 0 unspecified atom stereocenters. The van der Waals surface area contributed by atoms with E-state index in [0.717, 1.165) is 10.9 Å². The number of carbonyl (C=O) groups excluding carboxylic acids is 1. The molecule has 0 bridgehead atoms. The van der Waals surface area contributed by atoms with Crippen molar-refractivity contribution in [2.75, 3.05) is 6.61 Å². The average molecular weight is 274 g/mol. The first-order chi connectivity index (χ1) is 8.97. The van der Waals surface area contributed by atoms with E-state index in [4.69, 9.17) is 15.6 Å². The second-order valence-electron chi connectivity index (χ2n) is 4.15. The maximum Gasteiger partial charge on any atom is 0.268 e. The summed E-state index contributed by atoms with van der Waals surface area (Å²) < 4.78 is 6.10. The molecule has 19 heavy (non-hydrogen) atoms. The minimum atomic E-state index is -1.57. The van der Waals surface area contributed by atoms with Crippen molar-refractivity contribution < 1.29 is 30.0 Å². The van der Waals surface area contributed by atoms with Gasteiger partial charge in [0.25, 0.3) is 5.91 Å². The number of carbonyl (C=O) groups is 1. The highest BCUT2D eigenvalue weighted by Gasteiger charge is 2.45. The molecule has 10 heteroatoms. The maximum absolute atomic E-state index is 11.2. The van der Waals surface area contributed by atoms with Crippen molar-refractivity contribution in [1.82, 2.24) is 15.0 Å². The molecule has 2 heterocycles. The van der Waals surface area contributed by atoms with E-state index in [0.29, 0.717) is 0 Å². The third-order valence-electron chi connectivity index (χ3n) is 2.94. The Morgan fingerprint density at radius 1 is 1.37 bits per heavy atom. The predicted octanol–water partition coefficient (Wildman–Crippen LogP) is -3.65. The van der Waals surface area contributed by atoms with Crippen LogP contribution in [-0.4, -0.2) is 72.3 Å². The summed E-state index contributed by atoms with van der Waals surface area (Å²) in [5, 5.41) is 45.1. The summed E-state index contributed by atoms with van der Waals surface area (Å²) in [5.74, 6) is -0.845. The van der Waals surface area contributed by atoms with Gasteiger partial charge in [0, 0.05) is 0 Å². The van der Waals surface area contributed by atoms with E-state index in [1.807, 2.05) is 0 Å². The molecular formula is C9H14N4O6. The molecule has 1 fully saturated rings. The lowest BCUT2D eigenvalue weighted by Gasteiger charge is -2.39. The molecule has 6 N–H and O–H groups in total. The molecule has 0 radical (unpaired) electrons. The number of nitrogens with two attached hydrogens (primary N) is 1. The van der Waals surface area contributed by atoms with E-state index >= 15 is 0 Å². The number of primary amides is 1. The van der Waals surface area contributed by atoms with Gasteiger partial charge in [0.1, 0.15) is 30.1 Å². The monoisotopic (exact) mass is 274 g/mol. The lowest BCUT2D eigenvalue weighted by molar-refractivity contribution is -0.254. The van der Waals surface area contributed by atoms with Crippen LogP contribution in [0.15, 0.2) is 6.20 Å². The molecule has 5 atom stereocenters. The molecule has 106 valence electrons. The van der Waals surface area contributed by atoms with Gasteiger partial charge in [0.15, 0.2) is 6.23 Å². The molecule has 0 spiro atoms. The number of hydrogen-bond acceptors (Lipinski definition) is 8. The number of aliphatic hydroxyl groups is 4. The quantitative estimate of drug-likeness (QED) is 0.376. The van der Waals surface area contributed by atoms with E-state index in [2.05, 4.69) is 10.3 Å². The molecule has 1 saturated heterocycles. The van der Waals surface area contributed by atoms with Crippen molar-refractivity contribution in [2.24, 2.45) is 5.73 Å². The van der Waals surface area contributed by atoms with Crippen LogP contribution in [0.4, 0.5) is 0 Å². The predicted molar refractivity (Wildman–Crippen MR) is 57.6 cm³/mol. The van der Waals surface area contributed by atoms with E-state index in [-0.39, 0.29) is 5.69 Å². The molecule has 1 aromatic heterocycles. The van der Waals surface area contributed by atoms with Gasteiger partial charge in [0.2, 0.25) is 0 Å². The van der Waals surface area contributed by atoms with Crippen molar-refractivity contribution >= 4 is 5.91 Å². The van der Waals surface area contributed by atoms with Crippen molar-refractivity contribution in [3.8, 4) is 0 Å². The van der Waals surface area contributed by atoms with Crippen LogP contribution in [0.25, 0.3) is 0 Å². The van der Waals surface area contributed by atoms with Crippen molar-refractivity contribution in [1.29, 1.82) is 0 Å². The smallest absolute Gasteiger partial charge is 0.268 e. The topological polar surface area (TPSA) is 164 Å². The minimum Gasteiger partial charge on any atom is -0.394 e. The third-order valence-corrected chi connectivity index (χ3v) is 2.94. The van der Waals surface area contributed by atoms with Gasteiger partial charge in [-0.1, -0.05) is 5.21 Å². The Labute approximate surface area is 107 Å². The second-order valence-corrected chi connectivity index (χ2v) is 4.15. The van der Waals surface area contributed by atoms with Crippen molar-refractivity contribution in [2.45, 2.75) is 30.6 Å². The molecule has 1 aliphatic rings. The number of aliphatic hydroxyl groups excluding tert-OH is 4. The SMILES string of the molecule is NC(=O)c1cnnn1[C@@H]1O[C@H](CO)[C@H](O)[C@H](O)[C@H]1O. The fraction of sp³-hybridized carbons (Fsp3) is 0.667. The Hall–Kier alpha value is -1.59. The van der Waals surface area contributed by atoms with Gasteiger partial charge < -0.3 is 30.9 Å². The number of hydrogen-bond donors (Lipinski definition) is 5. The summed E-state index contributed by atoms with van der Waals surface area (Å²) in [6.07, 6.45) is -5.94. The Kier molecular flexibility index (Phi) is 3.78. The van der Waals surface area contributed by atoms with Crippen molar-refractivity contribution in [3.05, 3.63) is 11.9 Å². The molecule has 1 amide bonds. The van der Waals surface area contributed by atoms with Gasteiger partial charge in [-0.05, 0) is 0 Å². The maximum atomic E-state index is 11.2. The molecule has 1 aliphatic heterocycles. The van der Waals surface area contributed by atoms with Crippen LogP contribution in [0.5, 0.6) is 0 Å². The van der Waals surface area contributed by atoms with Crippen LogP contribution in [0.2, 0.25) is 0 Å². The number of nitrogens with zero attached hydrogens (tertiary/aromatic N) is 3. The minimum absolute atomic E-state index is 0.135. The zero-order chi connectivity index (χ0) is 14.2. The van der Waals surface area contributed by atoms with Crippen LogP contribution in [0.1, 0.15) is 16.7 Å². The van der Waals surface area contributed by atoms with Crippen LogP contribution >= 0.6 is 0 Å². The first kappa shape index (κ1) is 13.8. The Balaban J connectivity index is 2.32. The Bertz CT molecular complexity index is 463. The summed E-state index contributed by atoms with van der Waals surface area (Å²) in [7, 11) is 0. The second kappa shape index (κ2) is 5.19. The lowest BCUT2D eigenvalue weighted by atomic mass is 9.98. The third kappa shape index (κ3) is 2.31. The molecule has 0 saturated carbocycles. The zero-order valence-corrected chi connectivity index (χ0v) is 9.70. The van der Waals surface area contributed by atoms with E-state index in [9.17, 15) is 20.1 Å². The van der Waals surface area contributed by atoms with E-state index < -0.39 is 43.2 Å². The molecule has 1 aromatic rings. The number of ether oxygens (including phenoxy) is 1. The molecular weight excluding hydrogens is 260 g/mol. The van der Waals surface area contributed by atoms with Gasteiger partial charge in [-0.2, -0.15) is 0 Å². The molecule has 10 nitrogen and oxygen atoms in total. The van der Waals surface area contributed by atoms with Crippen LogP contribution in [0, 0.1) is 0 Å². The van der Waals surface area contributed by atoms with Crippen LogP contribution in [0.3, 0.4) is 0 Å². The molecule has 2 rings (SSSR count). The van der Waals surface area contributed by atoms with Gasteiger partial charge >= 0.3 is 0 Å². The van der Waals surface area contributed by atoms with Crippen LogP contribution < -0.4 is 5.73 Å². The van der Waals surface area contributed by atoms with Crippen molar-refractivity contribution in [3.63, 3.8) is 0 Å². The largest absolute Gasteiger partial charge is 0.394 e. The highest BCUT2D eigenvalue weighted by Crippen LogP contribution is 2.28. The van der Waals surface area contributed by atoms with Gasteiger partial charge in [-0.3, -0.25) is 4.79 Å². The van der Waals surface area contributed by atoms with E-state index in [1.165, 1.54) is 0 Å². The van der Waals surface area contributed by atoms with Gasteiger partial charge in [-0.15, -0.1) is 5.10 Å². The molecule has 0 aliphatic carbocycles. The summed E-state index contributed by atoms with van der Waals surface area (Å²) in [4.78, 5) is 11.2. The zero-order valence-electron chi connectivity index (χ0n) is 9.70. The highest BCUT2D eigenvalue weighted by molar-refractivity contribution is 5.90. The number of amides is 1. The highest BCUT2D eigenvalue weighted by atomic mass is 16.6. The first-order valence-electron chi connectivity index (χ1n) is 5.48.